The van der Waals surface area contributed by atoms with E-state index in [2.05, 4.69) is 32.2 Å². The van der Waals surface area contributed by atoms with Gasteiger partial charge < -0.3 is 60.7 Å². The van der Waals surface area contributed by atoms with E-state index in [9.17, 15) is 99.2 Å². The third kappa shape index (κ3) is 42.6. The Morgan fingerprint density at radius 3 is 0.702 bits per heavy atom. The Balaban J connectivity index is 0.000000441. The summed E-state index contributed by atoms with van der Waals surface area (Å²) in [4.78, 5) is 168. The zero-order valence-corrected chi connectivity index (χ0v) is 86.2. The molecule has 0 saturated heterocycles. The molecule has 0 saturated carbocycles. The molecule has 9 N–H and O–H groups in total. The molecule has 0 fully saturated rings. The predicted molar refractivity (Wildman–Crippen MR) is 533 cm³/mol. The van der Waals surface area contributed by atoms with Crippen LogP contribution >= 0.6 is 0 Å². The molecule has 0 heterocycles. The van der Waals surface area contributed by atoms with E-state index in [1.807, 2.05) is 96.9 Å². The lowest BCUT2D eigenvalue weighted by molar-refractivity contribution is -0.128. The highest BCUT2D eigenvalue weighted by Gasteiger charge is 2.34. The van der Waals surface area contributed by atoms with Crippen molar-refractivity contribution >= 4 is 70.9 Å². The number of nitrogens with one attached hydrogen (secondary N) is 6. The molecule has 6 atom stereocenters. The Labute approximate surface area is 828 Å². The summed E-state index contributed by atoms with van der Waals surface area (Å²) in [5.41, 5.74) is 9.87. The number of hydrogen-bond donors (Lipinski definition) is 9. The van der Waals surface area contributed by atoms with Crippen molar-refractivity contribution in [2.24, 2.45) is 17.8 Å². The van der Waals surface area contributed by atoms with E-state index in [0.29, 0.717) is 65.3 Å². The molecule has 0 aromatic heterocycles. The first-order valence-electron chi connectivity index (χ1n) is 49.0. The molecule has 141 heavy (non-hydrogen) atoms. The van der Waals surface area contributed by atoms with Crippen molar-refractivity contribution in [1.29, 1.82) is 0 Å². The lowest BCUT2D eigenvalue weighted by atomic mass is 9.98. The maximum atomic E-state index is 14.2. The predicted octanol–water partition coefficient (Wildman–Crippen LogP) is 13.3. The number of benzene rings is 6. The molecule has 780 valence electrons. The van der Waals surface area contributed by atoms with Crippen LogP contribution in [0.15, 0.2) is 109 Å². The molecule has 6 rings (SSSR count). The first kappa shape index (κ1) is 122. The molecule has 0 radical (unpaired) electrons. The van der Waals surface area contributed by atoms with Gasteiger partial charge in [-0.05, 0) is 196 Å². The van der Waals surface area contributed by atoms with E-state index in [-0.39, 0.29) is 178 Å². The Morgan fingerprint density at radius 2 is 0.489 bits per heavy atom. The van der Waals surface area contributed by atoms with Gasteiger partial charge in [0.1, 0.15) is 34.9 Å². The van der Waals surface area contributed by atoms with E-state index < -0.39 is 107 Å². The second-order valence-electron chi connectivity index (χ2n) is 37.4. The average molecular weight is 1980 g/mol. The maximum absolute atomic E-state index is 14.2. The number of hydrazine groups is 3. The molecule has 0 aliphatic carbocycles. The average Bonchev–Trinajstić information content (AvgIpc) is 0.813. The molecular formula is C105H153F6N15O15. The molecule has 36 heteroatoms. The molecule has 0 aliphatic heterocycles. The van der Waals surface area contributed by atoms with E-state index in [0.717, 1.165) is 106 Å². The third-order valence-corrected chi connectivity index (χ3v) is 22.1. The summed E-state index contributed by atoms with van der Waals surface area (Å²) < 4.78 is 84.8. The molecule has 6 aromatic carbocycles. The minimum absolute atomic E-state index is 0.00389. The van der Waals surface area contributed by atoms with Gasteiger partial charge in [0.15, 0.2) is 0 Å². The number of aliphatic hydroxyl groups excluding tert-OH is 3. The lowest BCUT2D eigenvalue weighted by Gasteiger charge is -2.31. The number of carbonyl (C=O) groups excluding carboxylic acids is 12. The van der Waals surface area contributed by atoms with Gasteiger partial charge in [-0.1, -0.05) is 110 Å². The molecule has 6 unspecified atom stereocenters. The summed E-state index contributed by atoms with van der Waals surface area (Å²) >= 11 is 0. The third-order valence-electron chi connectivity index (χ3n) is 22.1. The number of aliphatic hydroxyl groups is 3. The molecular weight excluding hydrogens is 1830 g/mol. The minimum atomic E-state index is -1.30. The number of unbranched alkanes of at least 4 members (excludes halogenated alkanes) is 1. The number of hydrogen-bond acceptors (Lipinski definition) is 18. The van der Waals surface area contributed by atoms with Crippen molar-refractivity contribution in [3.8, 4) is 0 Å². The highest BCUT2D eigenvalue weighted by molar-refractivity contribution is 6.07. The van der Waals surface area contributed by atoms with Gasteiger partial charge in [0, 0.05) is 208 Å². The minimum Gasteiger partial charge on any atom is -0.390 e. The van der Waals surface area contributed by atoms with Gasteiger partial charge in [0.05, 0.1) is 36.4 Å². The van der Waals surface area contributed by atoms with Gasteiger partial charge in [-0.25, -0.2) is 41.4 Å². The van der Waals surface area contributed by atoms with E-state index in [1.54, 1.807) is 73.9 Å². The van der Waals surface area contributed by atoms with E-state index in [4.69, 9.17) is 0 Å². The standard InChI is InChI=1S/C36H53F2N5O5.C35H51F2N5O5.C34H49F2N5O5/c1-8-11-14-43(40-33(45)15-24(4)5)23-32(44)31(18-25-16-29(37)22-30(38)17-25)39-34(46)26-19-27(35(47)41(6)7)21-28(20-26)36(48)42(12-9-2)13-10-3;1-8-11-41(12-9-2)35(47)27-19-25(18-26(20-27)34(46)40(6)7)33(45)38-30(17-24-15-28(36)21-29(37)16-24)31(43)22-42(13-10-3)39-32(44)14-23(4)5;1-8-11-40(12-9-2)34(46)26-18-24(17-25(19-26)33(45)39(6)7)32(44)37-29(16-23-14-27(35)20-28(36)15-23)30(42)21-41(10-3)38-31(43)13-22(4)5/h16-17,19-22,24,31-32,44H,8-15,18,23H2,1-7H3,(H,39,46)(H,40,45);15-16,18-21,23,30-31,43H,8-14,17,22H2,1-7H3,(H,38,45)(H,39,44);14-15,17-20,22,29-30,42H,8-13,16,21H2,1-7H3,(H,37,44)(H,38,43). The van der Waals surface area contributed by atoms with Crippen LogP contribution in [0.3, 0.4) is 0 Å². The monoisotopic (exact) mass is 1980 g/mol. The van der Waals surface area contributed by atoms with Gasteiger partial charge in [0.2, 0.25) is 17.7 Å². The lowest BCUT2D eigenvalue weighted by Crippen LogP contribution is -2.53. The first-order chi connectivity index (χ1) is 66.5. The second kappa shape index (κ2) is 61.9. The summed E-state index contributed by atoms with van der Waals surface area (Å²) in [5.74, 6) is -9.52. The van der Waals surface area contributed by atoms with Crippen molar-refractivity contribution in [3.63, 3.8) is 0 Å². The zero-order chi connectivity index (χ0) is 106. The highest BCUT2D eigenvalue weighted by Crippen LogP contribution is 2.25. The van der Waals surface area contributed by atoms with Crippen LogP contribution in [0.5, 0.6) is 0 Å². The largest absolute Gasteiger partial charge is 0.390 e. The maximum Gasteiger partial charge on any atom is 0.253 e. The van der Waals surface area contributed by atoms with E-state index in [1.165, 1.54) is 74.3 Å². The summed E-state index contributed by atoms with van der Waals surface area (Å²) in [5, 5.41) is 47.2. The molecule has 0 spiro atoms. The number of rotatable bonds is 54. The number of likely N-dealkylation sites (N-methyl/N-ethyl adjacent to an activating group) is 1. The molecule has 0 bridgehead atoms. The van der Waals surface area contributed by atoms with Gasteiger partial charge >= 0.3 is 0 Å². The van der Waals surface area contributed by atoms with Crippen molar-refractivity contribution in [2.75, 3.05) is 121 Å². The summed E-state index contributed by atoms with van der Waals surface area (Å²) in [6, 6.07) is 18.4. The number of halogens is 6. The topological polar surface area (TPSA) is 367 Å². The van der Waals surface area contributed by atoms with Crippen LogP contribution in [0.2, 0.25) is 0 Å². The van der Waals surface area contributed by atoms with Crippen molar-refractivity contribution in [1.82, 2.24) is 76.7 Å². The smallest absolute Gasteiger partial charge is 0.253 e. The fraction of sp³-hybridized carbons (Fsp3) is 0.543. The van der Waals surface area contributed by atoms with Crippen LogP contribution in [0.1, 0.15) is 291 Å². The number of amides is 12. The fourth-order valence-electron chi connectivity index (χ4n) is 15.6. The molecule has 12 amide bonds. The van der Waals surface area contributed by atoms with Crippen LogP contribution in [-0.4, -0.2) is 288 Å². The van der Waals surface area contributed by atoms with Crippen molar-refractivity contribution in [3.05, 3.63) is 211 Å². The molecule has 6 aromatic rings. The van der Waals surface area contributed by atoms with Crippen molar-refractivity contribution < 1.29 is 99.2 Å². The Bertz CT molecular complexity index is 5010. The van der Waals surface area contributed by atoms with Crippen LogP contribution in [0, 0.1) is 52.7 Å². The van der Waals surface area contributed by atoms with Crippen molar-refractivity contribution in [2.45, 2.75) is 237 Å². The van der Waals surface area contributed by atoms with Gasteiger partial charge in [-0.2, -0.15) is 0 Å². The number of nitrogens with zero attached hydrogens (tertiary/aromatic N) is 9. The summed E-state index contributed by atoms with van der Waals surface area (Å²) in [6.07, 6.45) is 3.02. The first-order valence-corrected chi connectivity index (χ1v) is 49.0. The normalized spacial score (nSPS) is 12.5. The van der Waals surface area contributed by atoms with Crippen LogP contribution in [0.4, 0.5) is 26.3 Å². The van der Waals surface area contributed by atoms with Crippen LogP contribution in [0.25, 0.3) is 0 Å². The SMILES string of the molecule is CCCCN(CC(O)C(Cc1cc(F)cc(F)c1)NC(=O)c1cc(C(=O)N(C)C)cc(C(=O)N(CCC)CCC)c1)NC(=O)CC(C)C.CCCN(CC(O)C(Cc1cc(F)cc(F)c1)NC(=O)c1cc(C(=O)N(C)C)cc(C(=O)N(CCC)CCC)c1)NC(=O)CC(C)C.CCCN(CCC)C(=O)c1cc(C(=O)NC(Cc2cc(F)cc(F)c2)C(O)CN(CC)NC(=O)CC(C)C)cc(C(=O)N(C)C)c1. The molecule has 0 aliphatic rings. The quantitative estimate of drug-likeness (QED) is 0.0126. The van der Waals surface area contributed by atoms with Crippen LogP contribution < -0.4 is 32.2 Å². The Morgan fingerprint density at radius 1 is 0.277 bits per heavy atom. The Hall–Kier alpha value is -11.7. The Kier molecular flexibility index (Phi) is 53.4. The van der Waals surface area contributed by atoms with Gasteiger partial charge in [0.25, 0.3) is 53.2 Å². The van der Waals surface area contributed by atoms with Gasteiger partial charge in [-0.3, -0.25) is 73.8 Å². The fourth-order valence-corrected chi connectivity index (χ4v) is 15.6. The number of carbonyl (C=O) groups is 12. The second-order valence-corrected chi connectivity index (χ2v) is 37.4. The molecule has 30 nitrogen and oxygen atoms in total. The van der Waals surface area contributed by atoms with Crippen LogP contribution in [-0.2, 0) is 33.6 Å². The summed E-state index contributed by atoms with van der Waals surface area (Å²) in [7, 11) is 9.35. The van der Waals surface area contributed by atoms with Gasteiger partial charge in [-0.15, -0.1) is 0 Å². The highest BCUT2D eigenvalue weighted by atomic mass is 19.2. The van der Waals surface area contributed by atoms with E-state index >= 15 is 0 Å². The summed E-state index contributed by atoms with van der Waals surface area (Å²) in [6.45, 7) is 32.7. The zero-order valence-electron chi connectivity index (χ0n) is 86.2.